The Kier molecular flexibility index (Phi) is 3.33. The predicted octanol–water partition coefficient (Wildman–Crippen LogP) is 2.71. The van der Waals surface area contributed by atoms with E-state index in [1.54, 1.807) is 0 Å². The predicted molar refractivity (Wildman–Crippen MR) is 67.4 cm³/mol. The van der Waals surface area contributed by atoms with Gasteiger partial charge >= 0.3 is 0 Å². The molecule has 0 spiro atoms. The van der Waals surface area contributed by atoms with Gasteiger partial charge < -0.3 is 10.4 Å². The highest BCUT2D eigenvalue weighted by Crippen LogP contribution is 2.41. The first-order chi connectivity index (χ1) is 7.45. The Morgan fingerprint density at radius 2 is 1.75 bits per heavy atom. The molecule has 94 valence electrons. The minimum absolute atomic E-state index is 0.00779. The van der Waals surface area contributed by atoms with Crippen LogP contribution in [0.25, 0.3) is 0 Å². The Morgan fingerprint density at radius 1 is 1.19 bits per heavy atom. The van der Waals surface area contributed by atoms with Gasteiger partial charge in [-0.05, 0) is 56.8 Å². The molecule has 2 saturated carbocycles. The molecule has 2 aliphatic rings. The number of nitrogens with one attached hydrogen (secondary N) is 1. The third kappa shape index (κ3) is 2.78. The zero-order valence-electron chi connectivity index (χ0n) is 11.1. The van der Waals surface area contributed by atoms with Crippen molar-refractivity contribution in [3.05, 3.63) is 0 Å². The van der Waals surface area contributed by atoms with Crippen molar-refractivity contribution >= 4 is 0 Å². The number of aliphatic hydroxyl groups is 1. The van der Waals surface area contributed by atoms with Gasteiger partial charge in [0.2, 0.25) is 0 Å². The highest BCUT2D eigenvalue weighted by Gasteiger charge is 2.42. The van der Waals surface area contributed by atoms with E-state index in [-0.39, 0.29) is 12.1 Å². The summed E-state index contributed by atoms with van der Waals surface area (Å²) < 4.78 is 0. The molecule has 1 unspecified atom stereocenters. The molecule has 0 aliphatic heterocycles. The van der Waals surface area contributed by atoms with E-state index in [4.69, 9.17) is 0 Å². The fourth-order valence-electron chi connectivity index (χ4n) is 3.02. The standard InChI is InChI=1S/C14H27NO/c1-13(2)8-6-12(7-9-13)15-14(3,10-16)11-4-5-11/h11-12,15-16H,4-10H2,1-3H3. The molecule has 16 heavy (non-hydrogen) atoms. The van der Waals surface area contributed by atoms with Gasteiger partial charge in [0.25, 0.3) is 0 Å². The molecule has 2 nitrogen and oxygen atoms in total. The molecule has 1 atom stereocenters. The highest BCUT2D eigenvalue weighted by atomic mass is 16.3. The molecule has 0 heterocycles. The van der Waals surface area contributed by atoms with E-state index in [0.29, 0.717) is 17.4 Å². The van der Waals surface area contributed by atoms with E-state index in [2.05, 4.69) is 26.1 Å². The molecule has 0 bridgehead atoms. The Hall–Kier alpha value is -0.0800. The van der Waals surface area contributed by atoms with Gasteiger partial charge in [0, 0.05) is 11.6 Å². The summed E-state index contributed by atoms with van der Waals surface area (Å²) in [4.78, 5) is 0. The normalized spacial score (nSPS) is 30.0. The molecule has 0 aromatic rings. The van der Waals surface area contributed by atoms with Crippen molar-refractivity contribution < 1.29 is 5.11 Å². The summed E-state index contributed by atoms with van der Waals surface area (Å²) in [7, 11) is 0. The second kappa shape index (κ2) is 4.30. The highest BCUT2D eigenvalue weighted by molar-refractivity contribution is 5.00. The summed E-state index contributed by atoms with van der Waals surface area (Å²) in [5.74, 6) is 0.715. The average Bonchev–Trinajstić information content (AvgIpc) is 3.05. The molecule has 2 N–H and O–H groups in total. The molecule has 2 aliphatic carbocycles. The third-order valence-corrected chi connectivity index (χ3v) is 4.68. The lowest BCUT2D eigenvalue weighted by Crippen LogP contribution is -2.53. The minimum atomic E-state index is -0.00779. The van der Waals surface area contributed by atoms with Gasteiger partial charge in [0.05, 0.1) is 6.61 Å². The summed E-state index contributed by atoms with van der Waals surface area (Å²) in [6.07, 6.45) is 7.77. The number of aliphatic hydroxyl groups excluding tert-OH is 1. The Bertz CT molecular complexity index is 237. The first-order valence-electron chi connectivity index (χ1n) is 6.84. The molecule has 0 aromatic heterocycles. The molecule has 2 rings (SSSR count). The fraction of sp³-hybridized carbons (Fsp3) is 1.00. The summed E-state index contributed by atoms with van der Waals surface area (Å²) >= 11 is 0. The van der Waals surface area contributed by atoms with Crippen LogP contribution in [0.3, 0.4) is 0 Å². The second-order valence-electron chi connectivity index (χ2n) is 6.93. The number of hydrogen-bond donors (Lipinski definition) is 2. The van der Waals surface area contributed by atoms with Gasteiger partial charge in [0.15, 0.2) is 0 Å². The summed E-state index contributed by atoms with van der Waals surface area (Å²) in [6, 6.07) is 0.630. The summed E-state index contributed by atoms with van der Waals surface area (Å²) in [5.41, 5.74) is 0.527. The molecule has 0 radical (unpaired) electrons. The van der Waals surface area contributed by atoms with Crippen molar-refractivity contribution in [2.75, 3.05) is 6.61 Å². The largest absolute Gasteiger partial charge is 0.394 e. The average molecular weight is 225 g/mol. The lowest BCUT2D eigenvalue weighted by atomic mass is 9.75. The van der Waals surface area contributed by atoms with Crippen LogP contribution in [0.4, 0.5) is 0 Å². The second-order valence-corrected chi connectivity index (χ2v) is 6.93. The monoisotopic (exact) mass is 225 g/mol. The van der Waals surface area contributed by atoms with E-state index >= 15 is 0 Å². The first kappa shape index (κ1) is 12.4. The Morgan fingerprint density at radius 3 is 2.19 bits per heavy atom. The number of rotatable bonds is 4. The van der Waals surface area contributed by atoms with E-state index in [1.807, 2.05) is 0 Å². The van der Waals surface area contributed by atoms with Crippen LogP contribution in [0.1, 0.15) is 59.3 Å². The minimum Gasteiger partial charge on any atom is -0.394 e. The molecular weight excluding hydrogens is 198 g/mol. The lowest BCUT2D eigenvalue weighted by molar-refractivity contribution is 0.115. The Balaban J connectivity index is 1.85. The zero-order chi connectivity index (χ0) is 11.8. The Labute approximate surface area is 99.8 Å². The van der Waals surface area contributed by atoms with Crippen LogP contribution >= 0.6 is 0 Å². The fourth-order valence-corrected chi connectivity index (χ4v) is 3.02. The van der Waals surface area contributed by atoms with Crippen molar-refractivity contribution in [3.8, 4) is 0 Å². The maximum absolute atomic E-state index is 9.57. The van der Waals surface area contributed by atoms with Crippen molar-refractivity contribution in [1.29, 1.82) is 0 Å². The van der Waals surface area contributed by atoms with E-state index in [9.17, 15) is 5.11 Å². The van der Waals surface area contributed by atoms with Crippen molar-refractivity contribution in [3.63, 3.8) is 0 Å². The molecular formula is C14H27NO. The molecule has 2 heteroatoms. The topological polar surface area (TPSA) is 32.3 Å². The van der Waals surface area contributed by atoms with Crippen molar-refractivity contribution in [2.45, 2.75) is 70.9 Å². The van der Waals surface area contributed by atoms with Gasteiger partial charge in [-0.3, -0.25) is 0 Å². The maximum Gasteiger partial charge on any atom is 0.0613 e. The summed E-state index contributed by atoms with van der Waals surface area (Å²) in [5, 5.41) is 13.3. The van der Waals surface area contributed by atoms with Crippen LogP contribution in [0.15, 0.2) is 0 Å². The molecule has 0 aromatic carbocycles. The first-order valence-corrected chi connectivity index (χ1v) is 6.84. The quantitative estimate of drug-likeness (QED) is 0.771. The molecule has 0 amide bonds. The van der Waals surface area contributed by atoms with E-state index < -0.39 is 0 Å². The SMILES string of the molecule is CC1(C)CCC(NC(C)(CO)C2CC2)CC1. The van der Waals surface area contributed by atoms with Crippen LogP contribution in [0.5, 0.6) is 0 Å². The van der Waals surface area contributed by atoms with Crippen LogP contribution < -0.4 is 5.32 Å². The summed E-state index contributed by atoms with van der Waals surface area (Å²) in [6.45, 7) is 7.23. The third-order valence-electron chi connectivity index (χ3n) is 4.68. The molecule has 2 fully saturated rings. The lowest BCUT2D eigenvalue weighted by Gasteiger charge is -2.40. The maximum atomic E-state index is 9.57. The van der Waals surface area contributed by atoms with Crippen LogP contribution in [-0.2, 0) is 0 Å². The zero-order valence-corrected chi connectivity index (χ0v) is 11.1. The van der Waals surface area contributed by atoms with Crippen LogP contribution in [0, 0.1) is 11.3 Å². The smallest absolute Gasteiger partial charge is 0.0613 e. The van der Waals surface area contributed by atoms with Gasteiger partial charge in [-0.15, -0.1) is 0 Å². The van der Waals surface area contributed by atoms with Gasteiger partial charge in [-0.25, -0.2) is 0 Å². The van der Waals surface area contributed by atoms with E-state index in [0.717, 1.165) is 0 Å². The molecule has 0 saturated heterocycles. The van der Waals surface area contributed by atoms with Crippen LogP contribution in [-0.4, -0.2) is 23.3 Å². The number of hydrogen-bond acceptors (Lipinski definition) is 2. The van der Waals surface area contributed by atoms with Gasteiger partial charge in [0.1, 0.15) is 0 Å². The van der Waals surface area contributed by atoms with E-state index in [1.165, 1.54) is 38.5 Å². The van der Waals surface area contributed by atoms with Crippen molar-refractivity contribution in [1.82, 2.24) is 5.32 Å². The van der Waals surface area contributed by atoms with Gasteiger partial charge in [-0.1, -0.05) is 13.8 Å². The van der Waals surface area contributed by atoms with Crippen molar-refractivity contribution in [2.24, 2.45) is 11.3 Å². The van der Waals surface area contributed by atoms with Gasteiger partial charge in [-0.2, -0.15) is 0 Å². The van der Waals surface area contributed by atoms with Crippen LogP contribution in [0.2, 0.25) is 0 Å².